The van der Waals surface area contributed by atoms with Gasteiger partial charge in [0, 0.05) is 5.56 Å². The quantitative estimate of drug-likeness (QED) is 0.605. The molecule has 0 bridgehead atoms. The fourth-order valence-corrected chi connectivity index (χ4v) is 3.08. The van der Waals surface area contributed by atoms with Crippen LogP contribution in [0.25, 0.3) is 0 Å². The Labute approximate surface area is 94.4 Å². The minimum absolute atomic E-state index is 0.0457. The summed E-state index contributed by atoms with van der Waals surface area (Å²) in [6.07, 6.45) is -0.119. The molecule has 0 aliphatic heterocycles. The topological polar surface area (TPSA) is 0 Å². The Hall–Kier alpha value is -1.13. The van der Waals surface area contributed by atoms with Crippen molar-refractivity contribution in [3.63, 3.8) is 0 Å². The molecule has 1 aromatic rings. The normalized spacial score (nSPS) is 31.6. The summed E-state index contributed by atoms with van der Waals surface area (Å²) in [4.78, 5) is 0. The highest BCUT2D eigenvalue weighted by atomic mass is 19.3. The van der Waals surface area contributed by atoms with Crippen molar-refractivity contribution in [2.24, 2.45) is 0 Å². The van der Waals surface area contributed by atoms with E-state index in [1.807, 2.05) is 0 Å². The second kappa shape index (κ2) is 2.82. The van der Waals surface area contributed by atoms with E-state index in [9.17, 15) is 22.0 Å². The second-order valence-corrected chi connectivity index (χ2v) is 4.81. The van der Waals surface area contributed by atoms with Crippen molar-refractivity contribution in [1.82, 2.24) is 0 Å². The Morgan fingerprint density at radius 2 is 1.76 bits per heavy atom. The third-order valence-electron chi connectivity index (χ3n) is 3.86. The molecule has 0 N–H and O–H groups in total. The third-order valence-corrected chi connectivity index (χ3v) is 3.86. The third kappa shape index (κ3) is 1.03. The van der Waals surface area contributed by atoms with Gasteiger partial charge in [0.2, 0.25) is 0 Å². The monoisotopic (exact) mass is 248 g/mol. The zero-order chi connectivity index (χ0) is 12.6. The highest BCUT2D eigenvalue weighted by Crippen LogP contribution is 2.65. The van der Waals surface area contributed by atoms with Gasteiger partial charge >= 0.3 is 11.8 Å². The molecule has 1 aromatic carbocycles. The van der Waals surface area contributed by atoms with E-state index in [1.54, 1.807) is 6.92 Å². The Balaban J connectivity index is 2.36. The molecule has 0 radical (unpaired) electrons. The lowest BCUT2D eigenvalue weighted by molar-refractivity contribution is -0.215. The SMILES string of the molecule is CC1CC2c3c(ccc(F)c31)C(F)(F)C2(F)F. The molecule has 2 aliphatic rings. The molecule has 3 rings (SSSR count). The minimum atomic E-state index is -4.18. The van der Waals surface area contributed by atoms with Crippen LogP contribution < -0.4 is 0 Å². The predicted octanol–water partition coefficient (Wildman–Crippen LogP) is 4.16. The lowest BCUT2D eigenvalue weighted by Crippen LogP contribution is -2.36. The van der Waals surface area contributed by atoms with Gasteiger partial charge < -0.3 is 0 Å². The van der Waals surface area contributed by atoms with Crippen LogP contribution in [0, 0.1) is 5.82 Å². The molecular formula is C12H9F5. The summed E-state index contributed by atoms with van der Waals surface area (Å²) in [5.74, 6) is -10.9. The van der Waals surface area contributed by atoms with Gasteiger partial charge in [0.1, 0.15) is 5.82 Å². The van der Waals surface area contributed by atoms with Crippen LogP contribution in [0.3, 0.4) is 0 Å². The molecule has 0 fully saturated rings. The molecule has 0 saturated carbocycles. The molecule has 0 aromatic heterocycles. The summed E-state index contributed by atoms with van der Waals surface area (Å²) < 4.78 is 68.0. The lowest BCUT2D eigenvalue weighted by Gasteiger charge is -2.24. The molecule has 2 aliphatic carbocycles. The number of hydrogen-bond acceptors (Lipinski definition) is 0. The van der Waals surface area contributed by atoms with Gasteiger partial charge in [0.25, 0.3) is 0 Å². The van der Waals surface area contributed by atoms with Crippen molar-refractivity contribution >= 4 is 0 Å². The van der Waals surface area contributed by atoms with Gasteiger partial charge in [-0.05, 0) is 35.6 Å². The summed E-state index contributed by atoms with van der Waals surface area (Å²) in [6.45, 7) is 1.59. The van der Waals surface area contributed by atoms with E-state index in [1.165, 1.54) is 0 Å². The van der Waals surface area contributed by atoms with Gasteiger partial charge in [-0.2, -0.15) is 17.6 Å². The molecule has 2 atom stereocenters. The van der Waals surface area contributed by atoms with Crippen LogP contribution in [-0.2, 0) is 5.92 Å². The highest BCUT2D eigenvalue weighted by Gasteiger charge is 2.70. The minimum Gasteiger partial charge on any atom is -0.207 e. The number of benzene rings is 1. The van der Waals surface area contributed by atoms with Crippen molar-refractivity contribution in [2.75, 3.05) is 0 Å². The van der Waals surface area contributed by atoms with Gasteiger partial charge in [-0.1, -0.05) is 6.92 Å². The number of rotatable bonds is 0. The van der Waals surface area contributed by atoms with Gasteiger partial charge in [-0.25, -0.2) is 4.39 Å². The van der Waals surface area contributed by atoms with Crippen molar-refractivity contribution in [3.8, 4) is 0 Å². The maximum absolute atomic E-state index is 13.6. The smallest absolute Gasteiger partial charge is 0.207 e. The molecule has 5 heteroatoms. The van der Waals surface area contributed by atoms with E-state index in [0.717, 1.165) is 12.1 Å². The van der Waals surface area contributed by atoms with Crippen molar-refractivity contribution < 1.29 is 22.0 Å². The van der Waals surface area contributed by atoms with Gasteiger partial charge in [0.15, 0.2) is 0 Å². The van der Waals surface area contributed by atoms with Gasteiger partial charge in [-0.15, -0.1) is 0 Å². The highest BCUT2D eigenvalue weighted by molar-refractivity contribution is 5.53. The maximum atomic E-state index is 13.6. The van der Waals surface area contributed by atoms with E-state index in [-0.39, 0.29) is 17.5 Å². The van der Waals surface area contributed by atoms with Crippen molar-refractivity contribution in [1.29, 1.82) is 0 Å². The first-order valence-corrected chi connectivity index (χ1v) is 5.37. The second-order valence-electron chi connectivity index (χ2n) is 4.81. The Kier molecular flexibility index (Phi) is 1.82. The fourth-order valence-electron chi connectivity index (χ4n) is 3.08. The number of hydrogen-bond donors (Lipinski definition) is 0. The zero-order valence-corrected chi connectivity index (χ0v) is 8.91. The first-order valence-electron chi connectivity index (χ1n) is 5.37. The first-order chi connectivity index (χ1) is 7.78. The standard InChI is InChI=1S/C12H9F5/c1-5-4-7-10-6(2-3-8(13)9(5)10)11(14,15)12(7,16)17/h2-3,5,7H,4H2,1H3. The van der Waals surface area contributed by atoms with E-state index in [4.69, 9.17) is 0 Å². The zero-order valence-electron chi connectivity index (χ0n) is 8.91. The Morgan fingerprint density at radius 3 is 2.41 bits per heavy atom. The number of halogens is 5. The van der Waals surface area contributed by atoms with Crippen LogP contribution >= 0.6 is 0 Å². The van der Waals surface area contributed by atoms with Gasteiger partial charge in [0.05, 0.1) is 5.92 Å². The molecule has 0 heterocycles. The van der Waals surface area contributed by atoms with E-state index >= 15 is 0 Å². The van der Waals surface area contributed by atoms with E-state index in [2.05, 4.69) is 0 Å². The van der Waals surface area contributed by atoms with Crippen LogP contribution in [0.1, 0.15) is 41.9 Å². The van der Waals surface area contributed by atoms with Crippen LogP contribution in [0.15, 0.2) is 12.1 Å². The molecule has 0 amide bonds. The molecule has 0 saturated heterocycles. The molecule has 92 valence electrons. The summed E-state index contributed by atoms with van der Waals surface area (Å²) in [7, 11) is 0. The molecule has 0 nitrogen and oxygen atoms in total. The molecular weight excluding hydrogens is 239 g/mol. The average Bonchev–Trinajstić information content (AvgIpc) is 2.63. The summed E-state index contributed by atoms with van der Waals surface area (Å²) in [5, 5.41) is 0. The summed E-state index contributed by atoms with van der Waals surface area (Å²) in [5.41, 5.74) is -0.815. The summed E-state index contributed by atoms with van der Waals surface area (Å²) in [6, 6.07) is 1.66. The fraction of sp³-hybridized carbons (Fsp3) is 0.500. The van der Waals surface area contributed by atoms with Crippen LogP contribution in [0.4, 0.5) is 22.0 Å². The van der Waals surface area contributed by atoms with Gasteiger partial charge in [-0.3, -0.25) is 0 Å². The average molecular weight is 248 g/mol. The summed E-state index contributed by atoms with van der Waals surface area (Å²) >= 11 is 0. The maximum Gasteiger partial charge on any atom is 0.336 e. The Bertz CT molecular complexity index is 506. The Morgan fingerprint density at radius 1 is 1.12 bits per heavy atom. The van der Waals surface area contributed by atoms with E-state index < -0.39 is 35.1 Å². The first kappa shape index (κ1) is 11.0. The largest absolute Gasteiger partial charge is 0.336 e. The van der Waals surface area contributed by atoms with Crippen LogP contribution in [-0.4, -0.2) is 5.92 Å². The predicted molar refractivity (Wildman–Crippen MR) is 51.0 cm³/mol. The van der Waals surface area contributed by atoms with Crippen molar-refractivity contribution in [2.45, 2.75) is 37.0 Å². The number of alkyl halides is 4. The lowest BCUT2D eigenvalue weighted by atomic mass is 9.96. The van der Waals surface area contributed by atoms with E-state index in [0.29, 0.717) is 0 Å². The molecule has 17 heavy (non-hydrogen) atoms. The van der Waals surface area contributed by atoms with Crippen LogP contribution in [0.2, 0.25) is 0 Å². The molecule has 0 spiro atoms. The molecule has 2 unspecified atom stereocenters. The van der Waals surface area contributed by atoms with Crippen molar-refractivity contribution in [3.05, 3.63) is 34.6 Å². The van der Waals surface area contributed by atoms with Crippen LogP contribution in [0.5, 0.6) is 0 Å².